The summed E-state index contributed by atoms with van der Waals surface area (Å²) in [6.07, 6.45) is 87.9. The van der Waals surface area contributed by atoms with Gasteiger partial charge < -0.3 is 33.8 Å². The highest BCUT2D eigenvalue weighted by molar-refractivity contribution is 7.47. The lowest BCUT2D eigenvalue weighted by Crippen LogP contribution is -2.30. The third-order valence-electron chi connectivity index (χ3n) is 16.0. The number of phosphoric ester groups is 2. The third-order valence-corrected chi connectivity index (χ3v) is 17.9. The normalized spacial score (nSPS) is 14.7. The second-order valence-corrected chi connectivity index (χ2v) is 28.8. The molecule has 0 fully saturated rings. The molecule has 0 aromatic heterocycles. The first-order valence-electron chi connectivity index (χ1n) is 39.7. The molecule has 17 nitrogen and oxygen atoms in total. The number of unbranched alkanes of at least 4 members (excludes halogenated alkanes) is 21. The van der Waals surface area contributed by atoms with E-state index in [-0.39, 0.29) is 25.7 Å². The Hall–Kier alpha value is -5.32. The predicted molar refractivity (Wildman–Crippen MR) is 427 cm³/mol. The highest BCUT2D eigenvalue weighted by atomic mass is 31.2. The van der Waals surface area contributed by atoms with Crippen LogP contribution in [-0.2, 0) is 65.4 Å². The summed E-state index contributed by atoms with van der Waals surface area (Å²) in [5, 5.41) is 10.6. The molecule has 104 heavy (non-hydrogen) atoms. The van der Waals surface area contributed by atoms with E-state index in [4.69, 9.17) is 37.0 Å². The molecule has 0 aliphatic rings. The van der Waals surface area contributed by atoms with E-state index in [1.54, 1.807) is 0 Å². The Morgan fingerprint density at radius 1 is 0.279 bits per heavy atom. The number of phosphoric acid groups is 2. The monoisotopic (exact) mass is 1490 g/mol. The molecule has 0 aliphatic carbocycles. The maximum absolute atomic E-state index is 13.1. The van der Waals surface area contributed by atoms with Crippen LogP contribution in [0.3, 0.4) is 0 Å². The topological polar surface area (TPSA) is 237 Å². The van der Waals surface area contributed by atoms with Crippen molar-refractivity contribution in [1.82, 2.24) is 0 Å². The molecule has 0 rings (SSSR count). The van der Waals surface area contributed by atoms with Gasteiger partial charge in [-0.05, 0) is 173 Å². The molecule has 0 aliphatic heterocycles. The maximum atomic E-state index is 13.1. The van der Waals surface area contributed by atoms with Crippen molar-refractivity contribution in [3.8, 4) is 0 Å². The molecule has 19 heteroatoms. The van der Waals surface area contributed by atoms with Crippen molar-refractivity contribution in [2.45, 2.75) is 316 Å². The molecule has 0 radical (unpaired) electrons. The van der Waals surface area contributed by atoms with E-state index in [1.807, 2.05) is 0 Å². The van der Waals surface area contributed by atoms with Gasteiger partial charge in [-0.1, -0.05) is 256 Å². The first-order valence-corrected chi connectivity index (χ1v) is 42.7. The fourth-order valence-corrected chi connectivity index (χ4v) is 11.5. The zero-order chi connectivity index (χ0) is 76.0. The van der Waals surface area contributed by atoms with Crippen molar-refractivity contribution in [3.05, 3.63) is 158 Å². The Morgan fingerprint density at radius 2 is 0.500 bits per heavy atom. The van der Waals surface area contributed by atoms with E-state index in [2.05, 4.69) is 186 Å². The van der Waals surface area contributed by atoms with Gasteiger partial charge in [-0.3, -0.25) is 37.3 Å². The second kappa shape index (κ2) is 75.9. The first kappa shape index (κ1) is 98.7. The predicted octanol–water partition coefficient (Wildman–Crippen LogP) is 23.2. The summed E-state index contributed by atoms with van der Waals surface area (Å²) >= 11 is 0. The van der Waals surface area contributed by atoms with Gasteiger partial charge in [-0.25, -0.2) is 9.13 Å². The number of aliphatic hydroxyl groups excluding tert-OH is 1. The minimum atomic E-state index is -5.00. The minimum Gasteiger partial charge on any atom is -0.462 e. The van der Waals surface area contributed by atoms with Crippen LogP contribution in [0.5, 0.6) is 0 Å². The quantitative estimate of drug-likeness (QED) is 0.0169. The van der Waals surface area contributed by atoms with Gasteiger partial charge in [0.15, 0.2) is 12.2 Å². The lowest BCUT2D eigenvalue weighted by Gasteiger charge is -2.21. The number of allylic oxidation sites excluding steroid dienone is 26. The molecule has 5 atom stereocenters. The number of aliphatic hydroxyl groups is 1. The van der Waals surface area contributed by atoms with Gasteiger partial charge in [0, 0.05) is 25.7 Å². The molecule has 5 unspecified atom stereocenters. The van der Waals surface area contributed by atoms with Crippen molar-refractivity contribution in [2.24, 2.45) is 0 Å². The van der Waals surface area contributed by atoms with Crippen molar-refractivity contribution in [2.75, 3.05) is 39.6 Å². The third kappa shape index (κ3) is 74.9. The molecule has 0 aromatic rings. The van der Waals surface area contributed by atoms with Crippen LogP contribution in [0, 0.1) is 0 Å². The highest BCUT2D eigenvalue weighted by Gasteiger charge is 2.30. The van der Waals surface area contributed by atoms with Crippen molar-refractivity contribution in [1.29, 1.82) is 0 Å². The number of esters is 4. The van der Waals surface area contributed by atoms with Crippen LogP contribution < -0.4 is 0 Å². The fraction of sp³-hybridized carbons (Fsp3) is 0.647. The van der Waals surface area contributed by atoms with E-state index < -0.39 is 97.5 Å². The minimum absolute atomic E-state index is 0.0642. The average molecular weight is 1500 g/mol. The summed E-state index contributed by atoms with van der Waals surface area (Å²) in [6, 6.07) is 0. The van der Waals surface area contributed by atoms with Gasteiger partial charge in [0.25, 0.3) is 0 Å². The Labute approximate surface area is 629 Å². The van der Waals surface area contributed by atoms with Crippen LogP contribution in [0.4, 0.5) is 0 Å². The standard InChI is InChI=1S/C85H140O17P2/c1-5-9-13-17-21-25-29-33-37-38-39-40-44-46-50-54-58-62-66-70-83(88)96-76-81(102-85(90)72-68-64-60-56-52-48-43-36-32-28-24-20-16-12-8-4)78-100-104(93,94)98-74-79(86)73-97-103(91,92)99-77-80(101-84(89)71-67-63-59-55-51-47-42-35-31-27-23-19-15-11-7-3)75-95-82(87)69-65-61-57-53-49-45-41-34-30-26-22-18-14-10-6-2/h9-10,13-14,21-28,33-37,39-43,46,49-50,53,79-81,86H,5-8,11-12,15-20,29-32,38,44-45,47-48,51-52,54-78H2,1-4H3,(H,91,92)(H,93,94)/b13-9-,14-10-,25-21-,26-22-,27-23-,28-24-,37-33-,40-39-,41-34-,42-35-,43-36-,50-46-,53-49-. The zero-order valence-corrected chi connectivity index (χ0v) is 66.4. The molecule has 0 aromatic carbocycles. The average Bonchev–Trinajstić information content (AvgIpc) is 0.918. The van der Waals surface area contributed by atoms with Crippen LogP contribution in [0.2, 0.25) is 0 Å². The van der Waals surface area contributed by atoms with Crippen LogP contribution in [0.25, 0.3) is 0 Å². The van der Waals surface area contributed by atoms with Crippen LogP contribution in [-0.4, -0.2) is 96.7 Å². The summed E-state index contributed by atoms with van der Waals surface area (Å²) in [5.74, 6) is -2.30. The SMILES string of the molecule is CC/C=C\C/C=C\C/C=C\C/C=C\C/C=C\CCCCCC(=O)OCC(COP(=O)(O)OCC(O)COP(=O)(O)OCC(COC(=O)CCCC/C=C\C/C=C\C/C=C\C/C=C\CC)OC(=O)CCCCCCC/C=C\C/C=C\CCCCC)OC(=O)CCCCCCC/C=C\C/C=C\CCCCC. The largest absolute Gasteiger partial charge is 0.472 e. The Kier molecular flexibility index (Phi) is 72.0. The van der Waals surface area contributed by atoms with Gasteiger partial charge in [0.1, 0.15) is 19.3 Å². The second-order valence-electron chi connectivity index (χ2n) is 25.9. The fourth-order valence-electron chi connectivity index (χ4n) is 9.94. The van der Waals surface area contributed by atoms with Crippen molar-refractivity contribution < 1.29 is 80.2 Å². The summed E-state index contributed by atoms with van der Waals surface area (Å²) in [5.41, 5.74) is 0. The van der Waals surface area contributed by atoms with E-state index in [0.29, 0.717) is 25.7 Å². The molecule has 0 saturated carbocycles. The zero-order valence-electron chi connectivity index (χ0n) is 64.6. The molecule has 0 heterocycles. The van der Waals surface area contributed by atoms with Gasteiger partial charge in [0.2, 0.25) is 0 Å². The summed E-state index contributed by atoms with van der Waals surface area (Å²) in [6.45, 7) is 4.47. The highest BCUT2D eigenvalue weighted by Crippen LogP contribution is 2.45. The lowest BCUT2D eigenvalue weighted by molar-refractivity contribution is -0.161. The van der Waals surface area contributed by atoms with Gasteiger partial charge in [0.05, 0.1) is 26.4 Å². The summed E-state index contributed by atoms with van der Waals surface area (Å²) in [7, 11) is -10.00. The number of carbonyl (C=O) groups excluding carboxylic acids is 4. The number of ether oxygens (including phenoxy) is 4. The molecule has 0 spiro atoms. The van der Waals surface area contributed by atoms with Gasteiger partial charge in [-0.2, -0.15) is 0 Å². The molecule has 3 N–H and O–H groups in total. The van der Waals surface area contributed by atoms with Gasteiger partial charge in [-0.15, -0.1) is 0 Å². The molecule has 0 bridgehead atoms. The Bertz CT molecular complexity index is 2590. The molecule has 0 saturated heterocycles. The van der Waals surface area contributed by atoms with E-state index in [9.17, 15) is 43.2 Å². The van der Waals surface area contributed by atoms with E-state index in [1.165, 1.54) is 38.5 Å². The molecule has 0 amide bonds. The number of hydrogen-bond acceptors (Lipinski definition) is 15. The van der Waals surface area contributed by atoms with E-state index in [0.717, 1.165) is 180 Å². The van der Waals surface area contributed by atoms with Crippen LogP contribution in [0.15, 0.2) is 158 Å². The molecule has 592 valence electrons. The maximum Gasteiger partial charge on any atom is 0.472 e. The summed E-state index contributed by atoms with van der Waals surface area (Å²) in [4.78, 5) is 73.0. The molecular formula is C85H140O17P2. The van der Waals surface area contributed by atoms with Crippen molar-refractivity contribution >= 4 is 39.5 Å². The number of hydrogen-bond donors (Lipinski definition) is 3. The first-order chi connectivity index (χ1) is 50.7. The van der Waals surface area contributed by atoms with Gasteiger partial charge >= 0.3 is 39.5 Å². The van der Waals surface area contributed by atoms with Crippen LogP contribution >= 0.6 is 15.6 Å². The Morgan fingerprint density at radius 3 is 0.798 bits per heavy atom. The number of rotatable bonds is 73. The smallest absolute Gasteiger partial charge is 0.462 e. The summed E-state index contributed by atoms with van der Waals surface area (Å²) < 4.78 is 68.5. The van der Waals surface area contributed by atoms with E-state index >= 15 is 0 Å². The number of carbonyl (C=O) groups is 4. The molecular weight excluding hydrogens is 1350 g/mol. The van der Waals surface area contributed by atoms with Crippen molar-refractivity contribution in [3.63, 3.8) is 0 Å². The van der Waals surface area contributed by atoms with Crippen LogP contribution in [0.1, 0.15) is 297 Å². The Balaban J connectivity index is 5.46. The lowest BCUT2D eigenvalue weighted by atomic mass is 10.1.